The first-order chi connectivity index (χ1) is 27.0. The summed E-state index contributed by atoms with van der Waals surface area (Å²) in [5.74, 6) is 0.684. The summed E-state index contributed by atoms with van der Waals surface area (Å²) in [4.78, 5) is 10.2. The smallest absolute Gasteiger partial charge is 0.160 e. The van der Waals surface area contributed by atoms with E-state index in [2.05, 4.69) is 152 Å². The maximum absolute atomic E-state index is 14.7. The molecule has 4 heteroatoms. The second kappa shape index (κ2) is 13.3. The Kier molecular flexibility index (Phi) is 7.98. The van der Waals surface area contributed by atoms with Crippen LogP contribution in [-0.4, -0.2) is 16.6 Å². The summed E-state index contributed by atoms with van der Waals surface area (Å²) in [6.07, 6.45) is 0. The lowest BCUT2D eigenvalue weighted by Crippen LogP contribution is -2.11. The van der Waals surface area contributed by atoms with Crippen molar-refractivity contribution in [3.8, 4) is 78.4 Å². The van der Waals surface area contributed by atoms with Crippen LogP contribution in [-0.2, 0) is 4.57 Å². The Morgan fingerprint density at radius 1 is 0.400 bits per heavy atom. The van der Waals surface area contributed by atoms with Crippen molar-refractivity contribution < 1.29 is 4.57 Å². The van der Waals surface area contributed by atoms with Crippen molar-refractivity contribution in [2.24, 2.45) is 0 Å². The Hall–Kier alpha value is -6.67. The SMILES string of the molecule is CP1(=O)c2ccccc2-c2cccc(-c3ccc4ccccc4c3-c3ccc(-c4cc(-c5ccc(-c6ccccc6)cc5)nc(-c5ccccc5)n4)cc3)c21. The number of benzene rings is 8. The zero-order valence-electron chi connectivity index (χ0n) is 30.2. The highest BCUT2D eigenvalue weighted by molar-refractivity contribution is 7.79. The van der Waals surface area contributed by atoms with E-state index in [1.54, 1.807) is 0 Å². The third kappa shape index (κ3) is 5.73. The average Bonchev–Trinajstić information content (AvgIpc) is 3.50. The second-order valence-electron chi connectivity index (χ2n) is 14.2. The van der Waals surface area contributed by atoms with Gasteiger partial charge in [0.15, 0.2) is 5.82 Å². The van der Waals surface area contributed by atoms with Crippen molar-refractivity contribution in [1.82, 2.24) is 9.97 Å². The third-order valence-electron chi connectivity index (χ3n) is 10.9. The van der Waals surface area contributed by atoms with Crippen LogP contribution < -0.4 is 10.6 Å². The number of fused-ring (bicyclic) bond motifs is 4. The molecule has 1 aromatic heterocycles. The zero-order chi connectivity index (χ0) is 36.9. The molecule has 0 saturated heterocycles. The van der Waals surface area contributed by atoms with Gasteiger partial charge in [-0.1, -0.05) is 188 Å². The summed E-state index contributed by atoms with van der Waals surface area (Å²) in [6.45, 7) is 1.92. The minimum absolute atomic E-state index is 0.684. The van der Waals surface area contributed by atoms with Crippen LogP contribution >= 0.6 is 7.14 Å². The van der Waals surface area contributed by atoms with Crippen molar-refractivity contribution in [3.63, 3.8) is 0 Å². The first-order valence-electron chi connectivity index (χ1n) is 18.6. The van der Waals surface area contributed by atoms with Crippen LogP contribution in [0.2, 0.25) is 0 Å². The van der Waals surface area contributed by atoms with E-state index in [0.717, 1.165) is 88.4 Å². The predicted molar refractivity (Wildman–Crippen MR) is 230 cm³/mol. The molecule has 0 amide bonds. The molecule has 1 atom stereocenters. The van der Waals surface area contributed by atoms with E-state index in [-0.39, 0.29) is 0 Å². The lowest BCUT2D eigenvalue weighted by Gasteiger charge is -2.19. The van der Waals surface area contributed by atoms with Crippen LogP contribution in [0.1, 0.15) is 0 Å². The van der Waals surface area contributed by atoms with Gasteiger partial charge < -0.3 is 4.57 Å². The number of hydrogen-bond acceptors (Lipinski definition) is 3. The van der Waals surface area contributed by atoms with Crippen molar-refractivity contribution in [2.45, 2.75) is 0 Å². The van der Waals surface area contributed by atoms with Crippen LogP contribution in [0.15, 0.2) is 194 Å². The van der Waals surface area contributed by atoms with E-state index in [1.165, 1.54) is 5.56 Å². The summed E-state index contributed by atoms with van der Waals surface area (Å²) in [6, 6.07) is 67.4. The Balaban J connectivity index is 1.10. The van der Waals surface area contributed by atoms with Gasteiger partial charge in [-0.15, -0.1) is 0 Å². The monoisotopic (exact) mass is 722 g/mol. The van der Waals surface area contributed by atoms with Crippen molar-refractivity contribution in [1.29, 1.82) is 0 Å². The van der Waals surface area contributed by atoms with E-state index >= 15 is 0 Å². The molecule has 9 aromatic rings. The van der Waals surface area contributed by atoms with Crippen molar-refractivity contribution in [3.05, 3.63) is 194 Å². The first kappa shape index (κ1) is 32.9. The molecule has 8 aromatic carbocycles. The van der Waals surface area contributed by atoms with Gasteiger partial charge in [0.1, 0.15) is 7.14 Å². The fourth-order valence-electron chi connectivity index (χ4n) is 8.17. The molecular formula is C51H35N2OP. The highest BCUT2D eigenvalue weighted by Crippen LogP contribution is 2.53. The van der Waals surface area contributed by atoms with Gasteiger partial charge >= 0.3 is 0 Å². The topological polar surface area (TPSA) is 42.9 Å². The van der Waals surface area contributed by atoms with Gasteiger partial charge in [-0.25, -0.2) is 9.97 Å². The summed E-state index contributed by atoms with van der Waals surface area (Å²) in [5.41, 5.74) is 13.5. The molecule has 0 spiro atoms. The Morgan fingerprint density at radius 2 is 0.909 bits per heavy atom. The summed E-state index contributed by atoms with van der Waals surface area (Å²) >= 11 is 0. The Morgan fingerprint density at radius 3 is 1.60 bits per heavy atom. The Labute approximate surface area is 321 Å². The summed E-state index contributed by atoms with van der Waals surface area (Å²) in [7, 11) is -2.84. The normalized spacial score (nSPS) is 14.4. The van der Waals surface area contributed by atoms with Crippen molar-refractivity contribution in [2.75, 3.05) is 6.66 Å². The number of hydrogen-bond donors (Lipinski definition) is 0. The molecule has 0 radical (unpaired) electrons. The van der Waals surface area contributed by atoms with Gasteiger partial charge in [0.05, 0.1) is 11.4 Å². The molecule has 10 rings (SSSR count). The largest absolute Gasteiger partial charge is 0.314 e. The van der Waals surface area contributed by atoms with Gasteiger partial charge in [0.2, 0.25) is 0 Å². The number of rotatable bonds is 6. The van der Waals surface area contributed by atoms with Gasteiger partial charge in [0, 0.05) is 27.3 Å². The van der Waals surface area contributed by atoms with E-state index in [9.17, 15) is 4.57 Å². The number of aromatic nitrogens is 2. The zero-order valence-corrected chi connectivity index (χ0v) is 31.1. The highest BCUT2D eigenvalue weighted by Gasteiger charge is 2.37. The molecule has 0 saturated carbocycles. The van der Waals surface area contributed by atoms with Crippen LogP contribution in [0.4, 0.5) is 0 Å². The molecule has 0 aliphatic carbocycles. The summed E-state index contributed by atoms with van der Waals surface area (Å²) < 4.78 is 14.7. The molecule has 55 heavy (non-hydrogen) atoms. The van der Waals surface area contributed by atoms with Gasteiger partial charge in [-0.05, 0) is 68.0 Å². The highest BCUT2D eigenvalue weighted by atomic mass is 31.2. The first-order valence-corrected chi connectivity index (χ1v) is 20.7. The van der Waals surface area contributed by atoms with E-state index in [1.807, 2.05) is 49.1 Å². The molecule has 260 valence electrons. The maximum atomic E-state index is 14.7. The van der Waals surface area contributed by atoms with Crippen molar-refractivity contribution >= 4 is 28.5 Å². The molecule has 1 aliphatic rings. The van der Waals surface area contributed by atoms with E-state index in [4.69, 9.17) is 9.97 Å². The summed E-state index contributed by atoms with van der Waals surface area (Å²) in [5, 5.41) is 4.20. The van der Waals surface area contributed by atoms with Gasteiger partial charge in [0.25, 0.3) is 0 Å². The van der Waals surface area contributed by atoms with Crippen LogP contribution in [0.3, 0.4) is 0 Å². The molecule has 2 heterocycles. The molecular weight excluding hydrogens is 688 g/mol. The molecule has 1 unspecified atom stereocenters. The molecule has 0 fully saturated rings. The van der Waals surface area contributed by atoms with Crippen LogP contribution in [0.5, 0.6) is 0 Å². The Bertz CT molecular complexity index is 2940. The van der Waals surface area contributed by atoms with Crippen LogP contribution in [0.25, 0.3) is 89.2 Å². The lowest BCUT2D eigenvalue weighted by atomic mass is 9.88. The lowest BCUT2D eigenvalue weighted by molar-refractivity contribution is 0.591. The standard InChI is InChI=1S/C51H35N2OP/c1-55(54)48-22-11-10-19-42(48)44-20-12-21-45(50(44)55)43-32-31-36-15-8-9-18-41(36)49(43)39-29-27-38(28-30-39)47-33-46(52-51(53-47)40-16-6-3-7-17-40)37-25-23-35(24-26-37)34-13-4-2-5-14-34/h2-33H,1H3. The third-order valence-corrected chi connectivity index (χ3v) is 13.5. The minimum Gasteiger partial charge on any atom is -0.314 e. The quantitative estimate of drug-likeness (QED) is 0.161. The fraction of sp³-hybridized carbons (Fsp3) is 0.0196. The predicted octanol–water partition coefficient (Wildman–Crippen LogP) is 12.6. The average molecular weight is 723 g/mol. The van der Waals surface area contributed by atoms with Gasteiger partial charge in [-0.3, -0.25) is 0 Å². The molecule has 1 aliphatic heterocycles. The van der Waals surface area contributed by atoms with Gasteiger partial charge in [-0.2, -0.15) is 0 Å². The van der Waals surface area contributed by atoms with E-state index in [0.29, 0.717) is 5.82 Å². The molecule has 3 nitrogen and oxygen atoms in total. The second-order valence-corrected chi connectivity index (χ2v) is 17.0. The molecule has 0 bridgehead atoms. The molecule has 0 N–H and O–H groups in total. The van der Waals surface area contributed by atoms with E-state index < -0.39 is 7.14 Å². The number of nitrogens with zero attached hydrogens (tertiary/aromatic N) is 2. The maximum Gasteiger partial charge on any atom is 0.160 e. The minimum atomic E-state index is -2.84. The van der Waals surface area contributed by atoms with Crippen LogP contribution in [0, 0.1) is 0 Å². The fourth-order valence-corrected chi connectivity index (χ4v) is 10.7.